The molecule has 27 heavy (non-hydrogen) atoms. The number of nitrogens with zero attached hydrogens (tertiary/aromatic N) is 2. The molecule has 0 amide bonds. The first-order valence-electron chi connectivity index (χ1n) is 8.60. The Kier molecular flexibility index (Phi) is 7.16. The fourth-order valence-electron chi connectivity index (χ4n) is 3.44. The minimum Gasteiger partial charge on any atom is -0.464 e. The van der Waals surface area contributed by atoms with Crippen molar-refractivity contribution < 1.29 is 17.9 Å². The average molecular weight is 414 g/mol. The SMILES string of the molecule is CNCC1CCN(S(=O)(=O)c2cccc3c(C(=O)OC)nccc23)CC1.Cl. The van der Waals surface area contributed by atoms with E-state index in [9.17, 15) is 13.2 Å². The van der Waals surface area contributed by atoms with Gasteiger partial charge in [0.2, 0.25) is 10.0 Å². The Hall–Kier alpha value is -1.74. The van der Waals surface area contributed by atoms with Gasteiger partial charge in [-0.15, -0.1) is 12.4 Å². The van der Waals surface area contributed by atoms with Crippen LogP contribution < -0.4 is 5.32 Å². The third-order valence-electron chi connectivity index (χ3n) is 4.83. The van der Waals surface area contributed by atoms with Crippen LogP contribution in [-0.2, 0) is 14.8 Å². The molecule has 3 rings (SSSR count). The summed E-state index contributed by atoms with van der Waals surface area (Å²) in [5, 5.41) is 4.11. The van der Waals surface area contributed by atoms with Crippen molar-refractivity contribution in [2.45, 2.75) is 17.7 Å². The summed E-state index contributed by atoms with van der Waals surface area (Å²) in [6.45, 7) is 1.90. The fourth-order valence-corrected chi connectivity index (χ4v) is 5.12. The highest BCUT2D eigenvalue weighted by Crippen LogP contribution is 2.29. The summed E-state index contributed by atoms with van der Waals surface area (Å²) in [6, 6.07) is 6.53. The van der Waals surface area contributed by atoms with E-state index >= 15 is 0 Å². The van der Waals surface area contributed by atoms with Crippen LogP contribution in [0.2, 0.25) is 0 Å². The standard InChI is InChI=1S/C18H23N3O4S.ClH/c1-19-12-13-7-10-21(11-8-13)26(23,24)16-5-3-4-15-14(16)6-9-20-17(15)18(22)25-2;/h3-6,9,13,19H,7-8,10-12H2,1-2H3;1H. The lowest BCUT2D eigenvalue weighted by atomic mass is 9.98. The first-order valence-corrected chi connectivity index (χ1v) is 10.0. The highest BCUT2D eigenvalue weighted by atomic mass is 35.5. The highest BCUT2D eigenvalue weighted by molar-refractivity contribution is 7.89. The van der Waals surface area contributed by atoms with Crippen molar-refractivity contribution in [2.75, 3.05) is 33.8 Å². The van der Waals surface area contributed by atoms with Crippen molar-refractivity contribution in [3.05, 3.63) is 36.2 Å². The number of ether oxygens (including phenoxy) is 1. The van der Waals surface area contributed by atoms with Crippen LogP contribution >= 0.6 is 12.4 Å². The number of methoxy groups -OCH3 is 1. The molecule has 1 N–H and O–H groups in total. The molecule has 2 heterocycles. The minimum absolute atomic E-state index is 0. The van der Waals surface area contributed by atoms with Gasteiger partial charge >= 0.3 is 5.97 Å². The number of nitrogens with one attached hydrogen (secondary N) is 1. The molecule has 0 atom stereocenters. The van der Waals surface area contributed by atoms with Crippen molar-refractivity contribution >= 4 is 39.2 Å². The first kappa shape index (κ1) is 21.6. The first-order chi connectivity index (χ1) is 12.5. The molecule has 9 heteroatoms. The monoisotopic (exact) mass is 413 g/mol. The van der Waals surface area contributed by atoms with Gasteiger partial charge in [-0.3, -0.25) is 0 Å². The van der Waals surface area contributed by atoms with E-state index in [0.717, 1.165) is 19.4 Å². The topological polar surface area (TPSA) is 88.6 Å². The molecule has 0 saturated carbocycles. The molecule has 0 aliphatic carbocycles. The maximum absolute atomic E-state index is 13.2. The normalized spacial score (nSPS) is 16.1. The smallest absolute Gasteiger partial charge is 0.357 e. The van der Waals surface area contributed by atoms with Crippen molar-refractivity contribution in [1.29, 1.82) is 0 Å². The van der Waals surface area contributed by atoms with Crippen LogP contribution in [0.1, 0.15) is 23.3 Å². The molecular weight excluding hydrogens is 390 g/mol. The Bertz CT molecular complexity index is 912. The van der Waals surface area contributed by atoms with Crippen LogP contribution in [0, 0.1) is 5.92 Å². The van der Waals surface area contributed by atoms with Gasteiger partial charge in [0.05, 0.1) is 12.0 Å². The summed E-state index contributed by atoms with van der Waals surface area (Å²) in [4.78, 5) is 16.2. The Balaban J connectivity index is 0.00000261. The quantitative estimate of drug-likeness (QED) is 0.755. The largest absolute Gasteiger partial charge is 0.464 e. The van der Waals surface area contributed by atoms with Crippen LogP contribution in [0.5, 0.6) is 0 Å². The second-order valence-corrected chi connectivity index (χ2v) is 8.31. The number of fused-ring (bicyclic) bond motifs is 1. The van der Waals surface area contributed by atoms with Crippen molar-refractivity contribution in [2.24, 2.45) is 5.92 Å². The molecule has 1 saturated heterocycles. The number of sulfonamides is 1. The van der Waals surface area contributed by atoms with Crippen LogP contribution in [-0.4, -0.2) is 57.5 Å². The lowest BCUT2D eigenvalue weighted by Gasteiger charge is -2.31. The summed E-state index contributed by atoms with van der Waals surface area (Å²) in [7, 11) is -0.458. The zero-order valence-corrected chi connectivity index (χ0v) is 17.0. The predicted octanol–water partition coefficient (Wildman–Crippen LogP) is 2.06. The number of piperidine rings is 1. The summed E-state index contributed by atoms with van der Waals surface area (Å²) >= 11 is 0. The summed E-state index contributed by atoms with van der Waals surface area (Å²) in [5.41, 5.74) is 0.120. The maximum Gasteiger partial charge on any atom is 0.357 e. The molecule has 7 nitrogen and oxygen atoms in total. The predicted molar refractivity (Wildman–Crippen MR) is 106 cm³/mol. The van der Waals surface area contributed by atoms with Gasteiger partial charge < -0.3 is 10.1 Å². The van der Waals surface area contributed by atoms with Crippen molar-refractivity contribution in [1.82, 2.24) is 14.6 Å². The van der Waals surface area contributed by atoms with Crippen molar-refractivity contribution in [3.8, 4) is 0 Å². The van der Waals surface area contributed by atoms with E-state index in [1.165, 1.54) is 17.6 Å². The van der Waals surface area contributed by atoms with E-state index < -0.39 is 16.0 Å². The molecule has 0 spiro atoms. The number of pyridine rings is 1. The fraction of sp³-hybridized carbons (Fsp3) is 0.444. The number of halogens is 1. The molecule has 148 valence electrons. The molecule has 1 aromatic carbocycles. The van der Waals surface area contributed by atoms with Gasteiger partial charge in [0.25, 0.3) is 0 Å². The Morgan fingerprint density at radius 2 is 1.96 bits per heavy atom. The number of rotatable bonds is 5. The molecule has 0 unspecified atom stereocenters. The Labute approximate surface area is 165 Å². The van der Waals surface area contributed by atoms with Gasteiger partial charge in [-0.2, -0.15) is 4.31 Å². The second-order valence-electron chi connectivity index (χ2n) is 6.41. The van der Waals surface area contributed by atoms with E-state index in [0.29, 0.717) is 29.8 Å². The highest BCUT2D eigenvalue weighted by Gasteiger charge is 2.30. The Morgan fingerprint density at radius 1 is 1.26 bits per heavy atom. The van der Waals surface area contributed by atoms with Crippen LogP contribution in [0.25, 0.3) is 10.8 Å². The minimum atomic E-state index is -3.64. The number of hydrogen-bond donors (Lipinski definition) is 1. The van der Waals surface area contributed by atoms with Gasteiger partial charge in [-0.25, -0.2) is 18.2 Å². The lowest BCUT2D eigenvalue weighted by molar-refractivity contribution is 0.0596. The maximum atomic E-state index is 13.2. The molecule has 0 bridgehead atoms. The van der Waals surface area contributed by atoms with Gasteiger partial charge in [-0.1, -0.05) is 12.1 Å². The average Bonchev–Trinajstić information content (AvgIpc) is 2.67. The summed E-state index contributed by atoms with van der Waals surface area (Å²) in [5.74, 6) is -0.0906. The molecule has 2 aromatic rings. The molecule has 1 aliphatic heterocycles. The number of esters is 1. The van der Waals surface area contributed by atoms with Gasteiger partial charge in [0.15, 0.2) is 5.69 Å². The molecule has 0 radical (unpaired) electrons. The number of benzene rings is 1. The zero-order chi connectivity index (χ0) is 18.7. The molecule has 1 aliphatic rings. The third-order valence-corrected chi connectivity index (χ3v) is 6.79. The zero-order valence-electron chi connectivity index (χ0n) is 15.3. The van der Waals surface area contributed by atoms with Crippen LogP contribution in [0.3, 0.4) is 0 Å². The third kappa shape index (κ3) is 4.24. The van der Waals surface area contributed by atoms with Gasteiger partial charge in [-0.05, 0) is 44.5 Å². The molecule has 1 fully saturated rings. The number of hydrogen-bond acceptors (Lipinski definition) is 6. The molecular formula is C18H24ClN3O4S. The Morgan fingerprint density at radius 3 is 2.59 bits per heavy atom. The number of aromatic nitrogens is 1. The lowest BCUT2D eigenvalue weighted by Crippen LogP contribution is -2.40. The summed E-state index contributed by atoms with van der Waals surface area (Å²) < 4.78 is 32.7. The van der Waals surface area contributed by atoms with E-state index in [4.69, 9.17) is 4.74 Å². The van der Waals surface area contributed by atoms with Crippen molar-refractivity contribution in [3.63, 3.8) is 0 Å². The van der Waals surface area contributed by atoms with E-state index in [1.807, 2.05) is 7.05 Å². The van der Waals surface area contributed by atoms with E-state index in [2.05, 4.69) is 10.3 Å². The van der Waals surface area contributed by atoms with Crippen LogP contribution in [0.15, 0.2) is 35.4 Å². The number of carbonyl (C=O) groups excluding carboxylic acids is 1. The van der Waals surface area contributed by atoms with Gasteiger partial charge in [0.1, 0.15) is 0 Å². The van der Waals surface area contributed by atoms with Crippen LogP contribution in [0.4, 0.5) is 0 Å². The molecule has 1 aromatic heterocycles. The summed E-state index contributed by atoms with van der Waals surface area (Å²) in [6.07, 6.45) is 3.10. The van der Waals surface area contributed by atoms with E-state index in [1.54, 1.807) is 24.3 Å². The number of carbonyl (C=O) groups is 1. The second kappa shape index (κ2) is 8.97. The van der Waals surface area contributed by atoms with Gasteiger partial charge in [0, 0.05) is 30.1 Å². The van der Waals surface area contributed by atoms with E-state index in [-0.39, 0.29) is 23.0 Å².